The summed E-state index contributed by atoms with van der Waals surface area (Å²) >= 11 is 0. The maximum absolute atomic E-state index is 12.0. The van der Waals surface area contributed by atoms with Gasteiger partial charge in [-0.3, -0.25) is 18.6 Å². The third-order valence-corrected chi connectivity index (χ3v) is 10.5. The van der Waals surface area contributed by atoms with Crippen LogP contribution in [0.5, 0.6) is 0 Å². The van der Waals surface area contributed by atoms with Crippen molar-refractivity contribution >= 4 is 19.7 Å². The number of hydrogen-bond donors (Lipinski definition) is 3. The maximum atomic E-state index is 12.0. The Morgan fingerprint density at radius 2 is 0.882 bits per heavy atom. The van der Waals surface area contributed by atoms with Crippen LogP contribution in [0.4, 0.5) is 0 Å². The minimum atomic E-state index is -4.40. The van der Waals surface area contributed by atoms with E-state index in [2.05, 4.69) is 19.2 Å². The van der Waals surface area contributed by atoms with Gasteiger partial charge in [0, 0.05) is 19.4 Å². The van der Waals surface area contributed by atoms with E-state index in [1.807, 2.05) is 0 Å². The number of phosphoric ester groups is 1. The van der Waals surface area contributed by atoms with E-state index < -0.39 is 26.5 Å². The number of amides is 1. The Hall–Kier alpha value is -0.990. The number of phosphoric acid groups is 1. The number of rotatable bonds is 41. The Labute approximate surface area is 314 Å². The predicted molar refractivity (Wildman–Crippen MR) is 211 cm³/mol. The summed E-state index contributed by atoms with van der Waals surface area (Å²) in [6, 6.07) is 0. The molecule has 0 fully saturated rings. The van der Waals surface area contributed by atoms with Crippen molar-refractivity contribution < 1.29 is 37.9 Å². The zero-order valence-electron chi connectivity index (χ0n) is 33.3. The first-order valence-corrected chi connectivity index (χ1v) is 23.0. The lowest BCUT2D eigenvalue weighted by Gasteiger charge is -2.15. The van der Waals surface area contributed by atoms with Gasteiger partial charge in [0.2, 0.25) is 5.91 Å². The van der Waals surface area contributed by atoms with E-state index in [1.165, 1.54) is 154 Å². The fourth-order valence-electron chi connectivity index (χ4n) is 6.26. The number of aliphatic hydroxyl groups is 1. The van der Waals surface area contributed by atoms with Gasteiger partial charge in [0.1, 0.15) is 12.7 Å². The first kappa shape index (κ1) is 50.0. The largest absolute Gasteiger partial charge is 0.472 e. The molecule has 1 amide bonds. The number of esters is 1. The minimum absolute atomic E-state index is 0.0868. The number of ether oxygens (including phenoxy) is 1. The molecule has 0 aliphatic heterocycles. The average Bonchev–Trinajstić information content (AvgIpc) is 3.11. The van der Waals surface area contributed by atoms with Gasteiger partial charge in [-0.25, -0.2) is 4.57 Å². The van der Waals surface area contributed by atoms with Crippen LogP contribution >= 0.6 is 7.82 Å². The van der Waals surface area contributed by atoms with Gasteiger partial charge < -0.3 is 20.1 Å². The van der Waals surface area contributed by atoms with Gasteiger partial charge in [0.25, 0.3) is 0 Å². The van der Waals surface area contributed by atoms with Crippen LogP contribution in [0.1, 0.15) is 219 Å². The molecule has 0 aromatic rings. The van der Waals surface area contributed by atoms with Gasteiger partial charge in [-0.05, 0) is 12.8 Å². The molecular weight excluding hydrogens is 665 g/mol. The lowest BCUT2D eigenvalue weighted by Crippen LogP contribution is -2.27. The Kier molecular flexibility index (Phi) is 38.0. The third-order valence-electron chi connectivity index (χ3n) is 9.54. The van der Waals surface area contributed by atoms with E-state index in [1.54, 1.807) is 0 Å². The third kappa shape index (κ3) is 40.0. The van der Waals surface area contributed by atoms with Crippen LogP contribution in [0.3, 0.4) is 0 Å². The molecule has 10 heteroatoms. The highest BCUT2D eigenvalue weighted by Crippen LogP contribution is 2.42. The second-order valence-corrected chi connectivity index (χ2v) is 16.1. The molecule has 51 heavy (non-hydrogen) atoms. The molecule has 0 aliphatic rings. The topological polar surface area (TPSA) is 131 Å². The second-order valence-electron chi connectivity index (χ2n) is 14.7. The van der Waals surface area contributed by atoms with Gasteiger partial charge in [0.15, 0.2) is 0 Å². The first-order chi connectivity index (χ1) is 24.8. The summed E-state index contributed by atoms with van der Waals surface area (Å²) in [6.07, 6.45) is 37.7. The molecule has 0 aromatic carbocycles. The molecule has 0 saturated heterocycles. The van der Waals surface area contributed by atoms with Crippen LogP contribution in [0.15, 0.2) is 0 Å². The minimum Gasteiger partial charge on any atom is -0.463 e. The SMILES string of the molecule is CCCCCCCCCCCCCCCCCCCCCCCCC(=O)OCC(O)COP(=O)(O)OCCNC(=O)CCCCCCCCCC. The van der Waals surface area contributed by atoms with E-state index in [4.69, 9.17) is 13.8 Å². The summed E-state index contributed by atoms with van der Waals surface area (Å²) in [5.41, 5.74) is 0. The van der Waals surface area contributed by atoms with Crippen LogP contribution in [-0.2, 0) is 27.9 Å². The van der Waals surface area contributed by atoms with Crippen molar-refractivity contribution in [1.82, 2.24) is 5.32 Å². The molecule has 0 rings (SSSR count). The maximum Gasteiger partial charge on any atom is 0.472 e. The standard InChI is InChI=1S/C41H82NO8P/c1-3-5-7-9-11-13-14-15-16-17-18-19-20-21-22-23-24-25-26-28-30-32-34-41(45)48-37-39(43)38-50-51(46,47)49-36-35-42-40(44)33-31-29-27-12-10-8-6-4-2/h39,43H,3-38H2,1-2H3,(H,42,44)(H,46,47). The van der Waals surface area contributed by atoms with Crippen LogP contribution in [-0.4, -0.2) is 54.3 Å². The summed E-state index contributed by atoms with van der Waals surface area (Å²) in [6.45, 7) is 3.55. The molecule has 0 aliphatic carbocycles. The molecule has 3 N–H and O–H groups in total. The van der Waals surface area contributed by atoms with Gasteiger partial charge in [-0.1, -0.05) is 194 Å². The van der Waals surface area contributed by atoms with Gasteiger partial charge in [-0.2, -0.15) is 0 Å². The highest BCUT2D eigenvalue weighted by atomic mass is 31.2. The first-order valence-electron chi connectivity index (χ1n) is 21.5. The van der Waals surface area contributed by atoms with Crippen molar-refractivity contribution in [3.05, 3.63) is 0 Å². The van der Waals surface area contributed by atoms with Crippen molar-refractivity contribution in [2.75, 3.05) is 26.4 Å². The number of unbranched alkanes of at least 4 members (excludes halogenated alkanes) is 28. The lowest BCUT2D eigenvalue weighted by molar-refractivity contribution is -0.147. The normalized spacial score (nSPS) is 13.3. The van der Waals surface area contributed by atoms with Crippen LogP contribution in [0, 0.1) is 0 Å². The van der Waals surface area contributed by atoms with Crippen LogP contribution < -0.4 is 5.32 Å². The van der Waals surface area contributed by atoms with E-state index >= 15 is 0 Å². The zero-order chi connectivity index (χ0) is 37.5. The Bertz CT molecular complexity index is 815. The van der Waals surface area contributed by atoms with E-state index in [0.29, 0.717) is 12.8 Å². The number of nitrogens with one attached hydrogen (secondary N) is 1. The molecule has 0 radical (unpaired) electrons. The van der Waals surface area contributed by atoms with Crippen LogP contribution in [0.25, 0.3) is 0 Å². The average molecular weight is 748 g/mol. The molecule has 0 heterocycles. The van der Waals surface area contributed by atoms with Gasteiger partial charge >= 0.3 is 13.8 Å². The van der Waals surface area contributed by atoms with E-state index in [-0.39, 0.29) is 25.7 Å². The summed E-state index contributed by atoms with van der Waals surface area (Å²) in [5.74, 6) is -0.510. The molecule has 0 spiro atoms. The molecule has 0 saturated carbocycles. The highest BCUT2D eigenvalue weighted by molar-refractivity contribution is 7.47. The van der Waals surface area contributed by atoms with Gasteiger partial charge in [-0.15, -0.1) is 0 Å². The molecule has 9 nitrogen and oxygen atoms in total. The van der Waals surface area contributed by atoms with Crippen LogP contribution in [0.2, 0.25) is 0 Å². The molecule has 2 atom stereocenters. The number of carbonyl (C=O) groups excluding carboxylic acids is 2. The summed E-state index contributed by atoms with van der Waals surface area (Å²) in [5, 5.41) is 12.7. The van der Waals surface area contributed by atoms with Crippen molar-refractivity contribution in [2.45, 2.75) is 225 Å². The monoisotopic (exact) mass is 748 g/mol. The molecular formula is C41H82NO8P. The summed E-state index contributed by atoms with van der Waals surface area (Å²) in [4.78, 5) is 33.7. The predicted octanol–water partition coefficient (Wildman–Crippen LogP) is 11.7. The van der Waals surface area contributed by atoms with Gasteiger partial charge in [0.05, 0.1) is 13.2 Å². The van der Waals surface area contributed by atoms with Crippen molar-refractivity contribution in [3.63, 3.8) is 0 Å². The highest BCUT2D eigenvalue weighted by Gasteiger charge is 2.23. The summed E-state index contributed by atoms with van der Waals surface area (Å²) in [7, 11) is -4.40. The molecule has 0 aromatic heterocycles. The Morgan fingerprint density at radius 1 is 0.529 bits per heavy atom. The van der Waals surface area contributed by atoms with Crippen molar-refractivity contribution in [2.24, 2.45) is 0 Å². The fourth-order valence-corrected chi connectivity index (χ4v) is 7.02. The number of hydrogen-bond acceptors (Lipinski definition) is 7. The fraction of sp³-hybridized carbons (Fsp3) is 0.951. The second kappa shape index (κ2) is 38.7. The zero-order valence-corrected chi connectivity index (χ0v) is 34.2. The smallest absolute Gasteiger partial charge is 0.463 e. The molecule has 2 unspecified atom stereocenters. The Balaban J connectivity index is 3.50. The van der Waals surface area contributed by atoms with Crippen molar-refractivity contribution in [1.29, 1.82) is 0 Å². The summed E-state index contributed by atoms with van der Waals surface area (Å²) < 4.78 is 26.8. The van der Waals surface area contributed by atoms with E-state index in [0.717, 1.165) is 38.5 Å². The molecule has 0 bridgehead atoms. The Morgan fingerprint density at radius 3 is 1.27 bits per heavy atom. The van der Waals surface area contributed by atoms with Crippen molar-refractivity contribution in [3.8, 4) is 0 Å². The van der Waals surface area contributed by atoms with E-state index in [9.17, 15) is 24.2 Å². The molecule has 304 valence electrons. The number of carbonyl (C=O) groups is 2. The number of aliphatic hydroxyl groups excluding tert-OH is 1. The quantitative estimate of drug-likeness (QED) is 0.0320. The lowest BCUT2D eigenvalue weighted by atomic mass is 10.0.